The smallest absolute Gasteiger partial charge is 0.325 e. The lowest BCUT2D eigenvalue weighted by molar-refractivity contribution is -0.133. The summed E-state index contributed by atoms with van der Waals surface area (Å²) in [4.78, 5) is 42.8. The number of aromatic amines is 1. The summed E-state index contributed by atoms with van der Waals surface area (Å²) < 4.78 is 0. The molecule has 1 aromatic carbocycles. The molecule has 0 unspecified atom stereocenters. The van der Waals surface area contributed by atoms with E-state index >= 15 is 0 Å². The van der Waals surface area contributed by atoms with Crippen LogP contribution in [-0.4, -0.2) is 39.7 Å². The predicted octanol–water partition coefficient (Wildman–Crippen LogP) is 3.16. The molecule has 1 aromatic heterocycles. The maximum Gasteiger partial charge on any atom is 0.325 e. The number of fused-ring (bicyclic) bond motifs is 1. The number of nitrogens with one attached hydrogen (secondary N) is 2. The zero-order valence-corrected chi connectivity index (χ0v) is 15.1. The predicted molar refractivity (Wildman–Crippen MR) is 98.0 cm³/mol. The van der Waals surface area contributed by atoms with Crippen LogP contribution in [-0.2, 0) is 4.79 Å². The summed E-state index contributed by atoms with van der Waals surface area (Å²) in [5.74, 6) is -0.382. The van der Waals surface area contributed by atoms with E-state index in [0.717, 1.165) is 40.8 Å². The van der Waals surface area contributed by atoms with Crippen LogP contribution in [0.1, 0.15) is 48.7 Å². The molecule has 2 N–H and O–H groups in total. The van der Waals surface area contributed by atoms with Crippen LogP contribution in [0.4, 0.5) is 4.79 Å². The van der Waals surface area contributed by atoms with E-state index < -0.39 is 11.6 Å². The minimum atomic E-state index is -0.828. The van der Waals surface area contributed by atoms with Crippen LogP contribution in [0.3, 0.4) is 0 Å². The number of benzene rings is 1. The van der Waals surface area contributed by atoms with E-state index in [1.54, 1.807) is 0 Å². The molecule has 1 saturated carbocycles. The molecule has 1 aliphatic carbocycles. The first kappa shape index (κ1) is 16.8. The van der Waals surface area contributed by atoms with Gasteiger partial charge in [0.05, 0.1) is 6.54 Å². The molecule has 2 heterocycles. The molecule has 6 nitrogen and oxygen atoms in total. The second-order valence-electron chi connectivity index (χ2n) is 7.53. The van der Waals surface area contributed by atoms with Crippen molar-refractivity contribution in [3.63, 3.8) is 0 Å². The van der Waals surface area contributed by atoms with Gasteiger partial charge in [-0.3, -0.25) is 14.5 Å². The lowest BCUT2D eigenvalue weighted by atomic mass is 9.73. The molecule has 1 saturated heterocycles. The van der Waals surface area contributed by atoms with Gasteiger partial charge in [0.1, 0.15) is 5.54 Å². The van der Waals surface area contributed by atoms with E-state index in [1.807, 2.05) is 38.1 Å². The fourth-order valence-electron chi connectivity index (χ4n) is 4.50. The third-order valence-corrected chi connectivity index (χ3v) is 5.98. The number of para-hydroxylation sites is 1. The molecular formula is C20H23N3O3. The first-order valence-electron chi connectivity index (χ1n) is 9.18. The standard InChI is InChI=1S/C20H23N3O3/c1-12-7-5-6-10-20(12)18(25)23(19(26)22-20)11-16(24)17-13(2)21-15-9-4-3-8-14(15)17/h3-4,8-9,12,21H,5-7,10-11H2,1-2H3,(H,22,26)/t12-,20+/m0/s1. The molecule has 2 aliphatic rings. The lowest BCUT2D eigenvalue weighted by Crippen LogP contribution is -2.54. The fraction of sp³-hybridized carbons (Fsp3) is 0.450. The lowest BCUT2D eigenvalue weighted by Gasteiger charge is -2.36. The first-order valence-corrected chi connectivity index (χ1v) is 9.18. The fourth-order valence-corrected chi connectivity index (χ4v) is 4.50. The highest BCUT2D eigenvalue weighted by Gasteiger charge is 2.55. The van der Waals surface area contributed by atoms with Gasteiger partial charge in [0.15, 0.2) is 5.78 Å². The summed E-state index contributed by atoms with van der Waals surface area (Å²) >= 11 is 0. The second-order valence-corrected chi connectivity index (χ2v) is 7.53. The molecule has 3 amide bonds. The summed E-state index contributed by atoms with van der Waals surface area (Å²) in [5, 5.41) is 3.72. The van der Waals surface area contributed by atoms with Gasteiger partial charge in [0, 0.05) is 22.2 Å². The van der Waals surface area contributed by atoms with Gasteiger partial charge in [-0.25, -0.2) is 4.79 Å². The number of Topliss-reactive ketones (excluding diaryl/α,β-unsaturated/α-hetero) is 1. The molecule has 6 heteroatoms. The summed E-state index contributed by atoms with van der Waals surface area (Å²) in [6.07, 6.45) is 3.55. The van der Waals surface area contributed by atoms with Crippen LogP contribution in [0.25, 0.3) is 10.9 Å². The number of ketones is 1. The van der Waals surface area contributed by atoms with Gasteiger partial charge in [-0.05, 0) is 31.7 Å². The third kappa shape index (κ3) is 2.35. The average Bonchev–Trinajstić information content (AvgIpc) is 3.07. The molecule has 1 spiro atoms. The molecule has 0 bridgehead atoms. The number of aryl methyl sites for hydroxylation is 1. The van der Waals surface area contributed by atoms with Crippen molar-refractivity contribution in [3.05, 3.63) is 35.5 Å². The Hall–Kier alpha value is -2.63. The van der Waals surface area contributed by atoms with Crippen molar-refractivity contribution in [1.29, 1.82) is 0 Å². The van der Waals surface area contributed by atoms with Gasteiger partial charge in [0.2, 0.25) is 0 Å². The monoisotopic (exact) mass is 353 g/mol. The minimum absolute atomic E-state index is 0.0858. The van der Waals surface area contributed by atoms with Crippen LogP contribution in [0.2, 0.25) is 0 Å². The molecular weight excluding hydrogens is 330 g/mol. The summed E-state index contributed by atoms with van der Waals surface area (Å²) in [6, 6.07) is 7.11. The van der Waals surface area contributed by atoms with E-state index in [1.165, 1.54) is 0 Å². The maximum absolute atomic E-state index is 13.0. The number of carbonyl (C=O) groups excluding carboxylic acids is 3. The Balaban J connectivity index is 1.62. The number of amides is 3. The van der Waals surface area contributed by atoms with Gasteiger partial charge < -0.3 is 10.3 Å². The molecule has 26 heavy (non-hydrogen) atoms. The number of H-pyrrole nitrogens is 1. The normalized spacial score (nSPS) is 25.9. The highest BCUT2D eigenvalue weighted by atomic mass is 16.2. The minimum Gasteiger partial charge on any atom is -0.358 e. The van der Waals surface area contributed by atoms with Crippen molar-refractivity contribution in [2.75, 3.05) is 6.54 Å². The zero-order valence-electron chi connectivity index (χ0n) is 15.1. The van der Waals surface area contributed by atoms with Crippen molar-refractivity contribution in [3.8, 4) is 0 Å². The largest absolute Gasteiger partial charge is 0.358 e. The van der Waals surface area contributed by atoms with Crippen molar-refractivity contribution in [2.24, 2.45) is 5.92 Å². The van der Waals surface area contributed by atoms with E-state index in [0.29, 0.717) is 12.0 Å². The van der Waals surface area contributed by atoms with Crippen LogP contribution < -0.4 is 5.32 Å². The van der Waals surface area contributed by atoms with Gasteiger partial charge in [0.25, 0.3) is 5.91 Å². The second kappa shape index (κ2) is 5.97. The number of urea groups is 1. The Bertz CT molecular complexity index is 916. The van der Waals surface area contributed by atoms with E-state index in [4.69, 9.17) is 0 Å². The number of imide groups is 1. The van der Waals surface area contributed by atoms with Gasteiger partial charge in [-0.2, -0.15) is 0 Å². The number of nitrogens with zero attached hydrogens (tertiary/aromatic N) is 1. The van der Waals surface area contributed by atoms with Gasteiger partial charge in [-0.15, -0.1) is 0 Å². The highest BCUT2D eigenvalue weighted by molar-refractivity contribution is 6.15. The van der Waals surface area contributed by atoms with Crippen molar-refractivity contribution in [2.45, 2.75) is 45.1 Å². The first-order chi connectivity index (χ1) is 12.4. The Morgan fingerprint density at radius 2 is 2.04 bits per heavy atom. The highest BCUT2D eigenvalue weighted by Crippen LogP contribution is 2.38. The molecule has 1 aliphatic heterocycles. The number of rotatable bonds is 3. The Kier molecular flexibility index (Phi) is 3.86. The molecule has 2 atom stereocenters. The molecule has 2 fully saturated rings. The van der Waals surface area contributed by atoms with Crippen LogP contribution in [0.5, 0.6) is 0 Å². The number of aromatic nitrogens is 1. The van der Waals surface area contributed by atoms with Gasteiger partial charge in [-0.1, -0.05) is 38.0 Å². The van der Waals surface area contributed by atoms with Gasteiger partial charge >= 0.3 is 6.03 Å². The number of hydrogen-bond acceptors (Lipinski definition) is 3. The molecule has 136 valence electrons. The SMILES string of the molecule is Cc1[nH]c2ccccc2c1C(=O)CN1C(=O)N[C@@]2(CCCC[C@@H]2C)C1=O. The van der Waals surface area contributed by atoms with Crippen LogP contribution in [0.15, 0.2) is 24.3 Å². The number of carbonyl (C=O) groups is 3. The Morgan fingerprint density at radius 1 is 1.27 bits per heavy atom. The molecule has 0 radical (unpaired) electrons. The van der Waals surface area contributed by atoms with E-state index in [9.17, 15) is 14.4 Å². The summed E-state index contributed by atoms with van der Waals surface area (Å²) in [6.45, 7) is 3.62. The molecule has 4 rings (SSSR count). The average molecular weight is 353 g/mol. The third-order valence-electron chi connectivity index (χ3n) is 5.98. The molecule has 2 aromatic rings. The Morgan fingerprint density at radius 3 is 2.81 bits per heavy atom. The number of hydrogen-bond donors (Lipinski definition) is 2. The zero-order chi connectivity index (χ0) is 18.5. The van der Waals surface area contributed by atoms with Crippen LogP contribution >= 0.6 is 0 Å². The quantitative estimate of drug-likeness (QED) is 0.657. The van der Waals surface area contributed by atoms with Crippen molar-refractivity contribution >= 4 is 28.6 Å². The van der Waals surface area contributed by atoms with Crippen molar-refractivity contribution in [1.82, 2.24) is 15.2 Å². The maximum atomic E-state index is 13.0. The summed E-state index contributed by atoms with van der Waals surface area (Å²) in [5.41, 5.74) is 1.36. The van der Waals surface area contributed by atoms with Crippen molar-refractivity contribution < 1.29 is 14.4 Å². The Labute approximate surface area is 151 Å². The topological polar surface area (TPSA) is 82.3 Å². The van der Waals surface area contributed by atoms with E-state index in [-0.39, 0.29) is 24.2 Å². The van der Waals surface area contributed by atoms with E-state index in [2.05, 4.69) is 10.3 Å². The summed E-state index contributed by atoms with van der Waals surface area (Å²) in [7, 11) is 0. The van der Waals surface area contributed by atoms with Crippen LogP contribution in [0, 0.1) is 12.8 Å².